The molecule has 0 aliphatic carbocycles. The molecule has 0 saturated carbocycles. The van der Waals surface area contributed by atoms with Crippen LogP contribution in [-0.2, 0) is 17.8 Å². The minimum atomic E-state index is 0.0120. The van der Waals surface area contributed by atoms with Crippen molar-refractivity contribution in [2.75, 3.05) is 13.8 Å². The second kappa shape index (κ2) is 7.17. The van der Waals surface area contributed by atoms with Crippen molar-refractivity contribution < 1.29 is 18.7 Å². The lowest BCUT2D eigenvalue weighted by Crippen LogP contribution is -2.26. The first-order chi connectivity index (χ1) is 12.7. The fourth-order valence-corrected chi connectivity index (χ4v) is 3.29. The van der Waals surface area contributed by atoms with Gasteiger partial charge < -0.3 is 18.8 Å². The average molecular weight is 371 g/mol. The third kappa shape index (κ3) is 3.55. The summed E-state index contributed by atoms with van der Waals surface area (Å²) in [5.41, 5.74) is 1.89. The quantitative estimate of drug-likeness (QED) is 0.662. The average Bonchev–Trinajstić information content (AvgIpc) is 3.39. The van der Waals surface area contributed by atoms with Crippen molar-refractivity contribution in [1.82, 2.24) is 15.1 Å². The van der Waals surface area contributed by atoms with Crippen molar-refractivity contribution in [3.63, 3.8) is 0 Å². The summed E-state index contributed by atoms with van der Waals surface area (Å²) in [5, 5.41) is 11.9. The zero-order valence-electron chi connectivity index (χ0n) is 14.2. The molecule has 134 valence electrons. The maximum absolute atomic E-state index is 12.4. The van der Waals surface area contributed by atoms with Crippen LogP contribution in [0.15, 0.2) is 39.4 Å². The van der Waals surface area contributed by atoms with E-state index in [2.05, 4.69) is 10.2 Å². The zero-order valence-corrected chi connectivity index (χ0v) is 15.0. The van der Waals surface area contributed by atoms with E-state index in [0.717, 1.165) is 22.6 Å². The molecule has 0 spiro atoms. The zero-order chi connectivity index (χ0) is 17.9. The van der Waals surface area contributed by atoms with Crippen LogP contribution in [0.4, 0.5) is 0 Å². The van der Waals surface area contributed by atoms with Crippen LogP contribution in [-0.4, -0.2) is 34.8 Å². The maximum Gasteiger partial charge on any atom is 0.248 e. The Kier molecular flexibility index (Phi) is 4.57. The summed E-state index contributed by atoms with van der Waals surface area (Å²) >= 11 is 1.57. The van der Waals surface area contributed by atoms with Crippen LogP contribution < -0.4 is 9.47 Å². The third-order valence-electron chi connectivity index (χ3n) is 4.07. The van der Waals surface area contributed by atoms with Crippen LogP contribution in [0.1, 0.15) is 17.9 Å². The molecule has 0 radical (unpaired) electrons. The molecule has 0 fully saturated rings. The summed E-state index contributed by atoms with van der Waals surface area (Å²) in [6.07, 6.45) is 0.730. The van der Waals surface area contributed by atoms with Crippen LogP contribution in [0.25, 0.3) is 11.5 Å². The second-order valence-electron chi connectivity index (χ2n) is 5.95. The summed E-state index contributed by atoms with van der Waals surface area (Å²) in [4.78, 5) is 14.0. The molecule has 1 aliphatic rings. The molecule has 0 bridgehead atoms. The molecule has 2 aromatic heterocycles. The Bertz CT molecular complexity index is 907. The molecule has 0 saturated heterocycles. The van der Waals surface area contributed by atoms with E-state index in [1.807, 2.05) is 35.0 Å². The van der Waals surface area contributed by atoms with Crippen LogP contribution in [0.5, 0.6) is 11.5 Å². The number of carbonyl (C=O) groups excluding carboxylic acids is 1. The summed E-state index contributed by atoms with van der Waals surface area (Å²) in [7, 11) is 1.78. The first-order valence-corrected chi connectivity index (χ1v) is 9.11. The van der Waals surface area contributed by atoms with Gasteiger partial charge in [-0.05, 0) is 29.1 Å². The van der Waals surface area contributed by atoms with Crippen molar-refractivity contribution in [3.05, 3.63) is 46.5 Å². The van der Waals surface area contributed by atoms with Crippen molar-refractivity contribution in [2.24, 2.45) is 0 Å². The summed E-state index contributed by atoms with van der Waals surface area (Å²) in [6.45, 7) is 0.741. The molecule has 7 nitrogen and oxygen atoms in total. The Morgan fingerprint density at radius 3 is 2.96 bits per heavy atom. The van der Waals surface area contributed by atoms with E-state index in [4.69, 9.17) is 13.9 Å². The van der Waals surface area contributed by atoms with E-state index >= 15 is 0 Å². The SMILES string of the molecule is CN(Cc1ccc2c(c1)OCO2)C(=O)CCc1nnc(-c2ccsc2)o1. The number of fused-ring (bicyclic) bond motifs is 1. The first kappa shape index (κ1) is 16.6. The molecule has 3 heterocycles. The fourth-order valence-electron chi connectivity index (χ4n) is 2.66. The number of aromatic nitrogens is 2. The van der Waals surface area contributed by atoms with E-state index in [1.54, 1.807) is 23.3 Å². The standard InChI is InChI=1S/C18H17N3O4S/c1-21(9-12-2-3-14-15(8-12)24-11-23-14)17(22)5-4-16-19-20-18(25-16)13-6-7-26-10-13/h2-3,6-8,10H,4-5,9,11H2,1H3. The summed E-state index contributed by atoms with van der Waals surface area (Å²) in [6, 6.07) is 7.62. The molecular weight excluding hydrogens is 354 g/mol. The first-order valence-electron chi connectivity index (χ1n) is 8.16. The highest BCUT2D eigenvalue weighted by Gasteiger charge is 2.16. The van der Waals surface area contributed by atoms with Crippen LogP contribution in [0.3, 0.4) is 0 Å². The maximum atomic E-state index is 12.4. The number of ether oxygens (including phenoxy) is 2. The Hall–Kier alpha value is -2.87. The highest BCUT2D eigenvalue weighted by atomic mass is 32.1. The molecule has 0 atom stereocenters. The van der Waals surface area contributed by atoms with Gasteiger partial charge in [0, 0.05) is 37.4 Å². The van der Waals surface area contributed by atoms with Crippen molar-refractivity contribution in [1.29, 1.82) is 0 Å². The van der Waals surface area contributed by atoms with E-state index in [0.29, 0.717) is 31.2 Å². The van der Waals surface area contributed by atoms with Gasteiger partial charge >= 0.3 is 0 Å². The number of amides is 1. The van der Waals surface area contributed by atoms with Gasteiger partial charge in [-0.15, -0.1) is 10.2 Å². The van der Waals surface area contributed by atoms with Crippen molar-refractivity contribution in [3.8, 4) is 23.0 Å². The monoisotopic (exact) mass is 371 g/mol. The van der Waals surface area contributed by atoms with Gasteiger partial charge in [0.25, 0.3) is 0 Å². The van der Waals surface area contributed by atoms with Crippen LogP contribution in [0, 0.1) is 0 Å². The molecule has 1 amide bonds. The lowest BCUT2D eigenvalue weighted by atomic mass is 10.2. The fraction of sp³-hybridized carbons (Fsp3) is 0.278. The molecule has 0 unspecified atom stereocenters. The molecule has 1 aliphatic heterocycles. The van der Waals surface area contributed by atoms with Crippen LogP contribution in [0.2, 0.25) is 0 Å². The molecule has 26 heavy (non-hydrogen) atoms. The number of nitrogens with zero attached hydrogens (tertiary/aromatic N) is 3. The Labute approximate surface area is 154 Å². The van der Waals surface area contributed by atoms with E-state index in [9.17, 15) is 4.79 Å². The molecular formula is C18H17N3O4S. The van der Waals surface area contributed by atoms with Gasteiger partial charge in [0.05, 0.1) is 0 Å². The minimum absolute atomic E-state index is 0.0120. The third-order valence-corrected chi connectivity index (χ3v) is 4.75. The number of benzene rings is 1. The largest absolute Gasteiger partial charge is 0.454 e. The van der Waals surface area contributed by atoms with Gasteiger partial charge in [-0.25, -0.2) is 0 Å². The summed E-state index contributed by atoms with van der Waals surface area (Å²) in [5.74, 6) is 2.42. The van der Waals surface area contributed by atoms with Gasteiger partial charge in [-0.3, -0.25) is 4.79 Å². The second-order valence-corrected chi connectivity index (χ2v) is 6.73. The van der Waals surface area contributed by atoms with Crippen LogP contribution >= 0.6 is 11.3 Å². The number of carbonyl (C=O) groups is 1. The normalized spacial score (nSPS) is 12.3. The predicted octanol–water partition coefficient (Wildman–Crippen LogP) is 3.12. The molecule has 1 aromatic carbocycles. The highest BCUT2D eigenvalue weighted by molar-refractivity contribution is 7.08. The Balaban J connectivity index is 1.32. The molecule has 0 N–H and O–H groups in total. The van der Waals surface area contributed by atoms with Crippen molar-refractivity contribution in [2.45, 2.75) is 19.4 Å². The molecule has 3 aromatic rings. The van der Waals surface area contributed by atoms with Crippen molar-refractivity contribution >= 4 is 17.2 Å². The topological polar surface area (TPSA) is 77.7 Å². The predicted molar refractivity (Wildman–Crippen MR) is 95.0 cm³/mol. The van der Waals surface area contributed by atoms with Gasteiger partial charge in [-0.1, -0.05) is 6.07 Å². The highest BCUT2D eigenvalue weighted by Crippen LogP contribution is 2.32. The van der Waals surface area contributed by atoms with E-state index < -0.39 is 0 Å². The van der Waals surface area contributed by atoms with E-state index in [1.165, 1.54) is 0 Å². The van der Waals surface area contributed by atoms with Gasteiger partial charge in [-0.2, -0.15) is 11.3 Å². The van der Waals surface area contributed by atoms with Gasteiger partial charge in [0.2, 0.25) is 24.5 Å². The molecule has 8 heteroatoms. The number of hydrogen-bond acceptors (Lipinski definition) is 7. The number of rotatable bonds is 6. The van der Waals surface area contributed by atoms with Gasteiger partial charge in [0.1, 0.15) is 0 Å². The van der Waals surface area contributed by atoms with Gasteiger partial charge in [0.15, 0.2) is 11.5 Å². The number of aryl methyl sites for hydroxylation is 1. The number of hydrogen-bond donors (Lipinski definition) is 0. The molecule has 4 rings (SSSR count). The van der Waals surface area contributed by atoms with E-state index in [-0.39, 0.29) is 12.7 Å². The number of thiophene rings is 1. The Morgan fingerprint density at radius 1 is 1.23 bits per heavy atom. The lowest BCUT2D eigenvalue weighted by Gasteiger charge is -2.17. The Morgan fingerprint density at radius 2 is 2.12 bits per heavy atom. The lowest BCUT2D eigenvalue weighted by molar-refractivity contribution is -0.130. The smallest absolute Gasteiger partial charge is 0.248 e. The summed E-state index contributed by atoms with van der Waals surface area (Å²) < 4.78 is 16.3. The minimum Gasteiger partial charge on any atom is -0.454 e.